The Kier molecular flexibility index (Phi) is 7.54. The van der Waals surface area contributed by atoms with E-state index >= 15 is 0 Å². The maximum atomic E-state index is 11.6. The first-order chi connectivity index (χ1) is 7.88. The number of carbonyl (C=O) groups is 2. The van der Waals surface area contributed by atoms with E-state index < -0.39 is 12.0 Å². The molecule has 2 atom stereocenters. The molecule has 1 unspecified atom stereocenters. The largest absolute Gasteiger partial charge is 0.467 e. The standard InChI is InChI=1S/C12H24N2O3/c1-8(2)11(12(16)17-4)14-10(15)7-5-6-9(3)13/h8-9,11H,5-7,13H2,1-4H3,(H,14,15)/t9?,11-/m0/s1. The summed E-state index contributed by atoms with van der Waals surface area (Å²) in [7, 11) is 1.32. The normalized spacial score (nSPS) is 14.2. The minimum absolute atomic E-state index is 0.0137. The van der Waals surface area contributed by atoms with Crippen LogP contribution in [0.1, 0.15) is 40.0 Å². The topological polar surface area (TPSA) is 81.4 Å². The van der Waals surface area contributed by atoms with Crippen molar-refractivity contribution in [3.8, 4) is 0 Å². The number of nitrogens with two attached hydrogens (primary N) is 1. The fourth-order valence-corrected chi connectivity index (χ4v) is 1.45. The van der Waals surface area contributed by atoms with Crippen molar-refractivity contribution >= 4 is 11.9 Å². The van der Waals surface area contributed by atoms with Gasteiger partial charge in [-0.3, -0.25) is 4.79 Å². The molecule has 1 amide bonds. The van der Waals surface area contributed by atoms with Gasteiger partial charge in [-0.1, -0.05) is 13.8 Å². The molecule has 0 radical (unpaired) electrons. The van der Waals surface area contributed by atoms with Gasteiger partial charge in [-0.15, -0.1) is 0 Å². The molecule has 0 aliphatic carbocycles. The zero-order valence-electron chi connectivity index (χ0n) is 11.2. The first-order valence-electron chi connectivity index (χ1n) is 6.01. The fourth-order valence-electron chi connectivity index (χ4n) is 1.45. The van der Waals surface area contributed by atoms with Gasteiger partial charge in [0.1, 0.15) is 6.04 Å². The summed E-state index contributed by atoms with van der Waals surface area (Å²) in [4.78, 5) is 23.0. The molecular formula is C12H24N2O3. The number of esters is 1. The first-order valence-corrected chi connectivity index (χ1v) is 6.01. The van der Waals surface area contributed by atoms with Crippen LogP contribution in [-0.2, 0) is 14.3 Å². The van der Waals surface area contributed by atoms with Crippen molar-refractivity contribution in [2.24, 2.45) is 11.7 Å². The molecule has 0 bridgehead atoms. The lowest BCUT2D eigenvalue weighted by atomic mass is 10.0. The van der Waals surface area contributed by atoms with E-state index in [-0.39, 0.29) is 17.9 Å². The van der Waals surface area contributed by atoms with Gasteiger partial charge in [0.15, 0.2) is 0 Å². The zero-order valence-corrected chi connectivity index (χ0v) is 11.2. The van der Waals surface area contributed by atoms with E-state index in [0.717, 1.165) is 12.8 Å². The summed E-state index contributed by atoms with van der Waals surface area (Å²) in [5, 5.41) is 2.69. The van der Waals surface area contributed by atoms with Crippen molar-refractivity contribution in [2.75, 3.05) is 7.11 Å². The van der Waals surface area contributed by atoms with Crippen molar-refractivity contribution in [1.29, 1.82) is 0 Å². The SMILES string of the molecule is COC(=O)[C@@H](NC(=O)CCCC(C)N)C(C)C. The number of hydrogen-bond donors (Lipinski definition) is 2. The van der Waals surface area contributed by atoms with Crippen LogP contribution in [0.3, 0.4) is 0 Å². The molecule has 0 fully saturated rings. The average molecular weight is 244 g/mol. The second-order valence-electron chi connectivity index (χ2n) is 4.68. The average Bonchev–Trinajstić information content (AvgIpc) is 2.24. The van der Waals surface area contributed by atoms with Gasteiger partial charge in [0.2, 0.25) is 5.91 Å². The third kappa shape index (κ3) is 6.94. The second-order valence-corrected chi connectivity index (χ2v) is 4.68. The van der Waals surface area contributed by atoms with Crippen molar-refractivity contribution in [3.63, 3.8) is 0 Å². The molecule has 0 aromatic rings. The summed E-state index contributed by atoms with van der Waals surface area (Å²) in [6.45, 7) is 5.64. The highest BCUT2D eigenvalue weighted by molar-refractivity contribution is 5.84. The van der Waals surface area contributed by atoms with Gasteiger partial charge in [-0.2, -0.15) is 0 Å². The molecule has 0 saturated carbocycles. The summed E-state index contributed by atoms with van der Waals surface area (Å²) in [5.41, 5.74) is 5.59. The second kappa shape index (κ2) is 8.06. The molecule has 3 N–H and O–H groups in total. The number of ether oxygens (including phenoxy) is 1. The summed E-state index contributed by atoms with van der Waals surface area (Å²) < 4.78 is 4.64. The van der Waals surface area contributed by atoms with Crippen molar-refractivity contribution in [2.45, 2.75) is 52.1 Å². The van der Waals surface area contributed by atoms with Crippen LogP contribution in [0.25, 0.3) is 0 Å². The number of nitrogens with one attached hydrogen (secondary N) is 1. The molecule has 5 heteroatoms. The van der Waals surface area contributed by atoms with Crippen LogP contribution < -0.4 is 11.1 Å². The maximum absolute atomic E-state index is 11.6. The van der Waals surface area contributed by atoms with E-state index in [1.54, 1.807) is 0 Å². The van der Waals surface area contributed by atoms with E-state index in [1.807, 2.05) is 20.8 Å². The van der Waals surface area contributed by atoms with Crippen LogP contribution in [0.2, 0.25) is 0 Å². The third-order valence-electron chi connectivity index (χ3n) is 2.50. The molecular weight excluding hydrogens is 220 g/mol. The van der Waals surface area contributed by atoms with Crippen LogP contribution in [0.15, 0.2) is 0 Å². The Morgan fingerprint density at radius 2 is 1.88 bits per heavy atom. The lowest BCUT2D eigenvalue weighted by Gasteiger charge is -2.19. The molecule has 17 heavy (non-hydrogen) atoms. The van der Waals surface area contributed by atoms with E-state index in [0.29, 0.717) is 6.42 Å². The van der Waals surface area contributed by atoms with Crippen LogP contribution >= 0.6 is 0 Å². The Hall–Kier alpha value is -1.10. The molecule has 5 nitrogen and oxygen atoms in total. The Morgan fingerprint density at radius 1 is 1.29 bits per heavy atom. The monoisotopic (exact) mass is 244 g/mol. The van der Waals surface area contributed by atoms with E-state index in [9.17, 15) is 9.59 Å². The van der Waals surface area contributed by atoms with Crippen molar-refractivity contribution < 1.29 is 14.3 Å². The summed E-state index contributed by atoms with van der Waals surface area (Å²) >= 11 is 0. The lowest BCUT2D eigenvalue weighted by molar-refractivity contribution is -0.146. The highest BCUT2D eigenvalue weighted by Crippen LogP contribution is 2.05. The molecule has 0 aliphatic rings. The minimum Gasteiger partial charge on any atom is -0.467 e. The smallest absolute Gasteiger partial charge is 0.328 e. The highest BCUT2D eigenvalue weighted by Gasteiger charge is 2.24. The lowest BCUT2D eigenvalue weighted by Crippen LogP contribution is -2.45. The molecule has 0 aromatic carbocycles. The van der Waals surface area contributed by atoms with Gasteiger partial charge in [0, 0.05) is 12.5 Å². The van der Waals surface area contributed by atoms with Crippen LogP contribution in [-0.4, -0.2) is 31.1 Å². The minimum atomic E-state index is -0.567. The van der Waals surface area contributed by atoms with E-state index in [4.69, 9.17) is 5.73 Å². The highest BCUT2D eigenvalue weighted by atomic mass is 16.5. The number of amides is 1. The fraction of sp³-hybridized carbons (Fsp3) is 0.833. The van der Waals surface area contributed by atoms with Crippen LogP contribution in [0.5, 0.6) is 0 Å². The Bertz CT molecular complexity index is 252. The van der Waals surface area contributed by atoms with Gasteiger partial charge < -0.3 is 15.8 Å². The number of methoxy groups -OCH3 is 1. The quantitative estimate of drug-likeness (QED) is 0.650. The van der Waals surface area contributed by atoms with Crippen molar-refractivity contribution in [3.05, 3.63) is 0 Å². The Labute approximate surface area is 103 Å². The molecule has 100 valence electrons. The third-order valence-corrected chi connectivity index (χ3v) is 2.50. The zero-order chi connectivity index (χ0) is 13.4. The van der Waals surface area contributed by atoms with E-state index in [1.165, 1.54) is 7.11 Å². The molecule has 0 heterocycles. The van der Waals surface area contributed by atoms with Gasteiger partial charge >= 0.3 is 5.97 Å². The Balaban J connectivity index is 4.09. The predicted molar refractivity (Wildman–Crippen MR) is 66.3 cm³/mol. The van der Waals surface area contributed by atoms with Crippen LogP contribution in [0.4, 0.5) is 0 Å². The number of hydrogen-bond acceptors (Lipinski definition) is 4. The number of carbonyl (C=O) groups excluding carboxylic acids is 2. The number of rotatable bonds is 7. The molecule has 0 spiro atoms. The molecule has 0 aliphatic heterocycles. The maximum Gasteiger partial charge on any atom is 0.328 e. The molecule has 0 saturated heterocycles. The van der Waals surface area contributed by atoms with E-state index in [2.05, 4.69) is 10.1 Å². The molecule has 0 aromatic heterocycles. The van der Waals surface area contributed by atoms with Gasteiger partial charge in [-0.25, -0.2) is 4.79 Å². The van der Waals surface area contributed by atoms with Gasteiger partial charge in [-0.05, 0) is 25.7 Å². The Morgan fingerprint density at radius 3 is 2.29 bits per heavy atom. The first kappa shape index (κ1) is 15.9. The predicted octanol–water partition coefficient (Wildman–Crippen LogP) is 0.818. The van der Waals surface area contributed by atoms with Gasteiger partial charge in [0.05, 0.1) is 7.11 Å². The summed E-state index contributed by atoms with van der Waals surface area (Å²) in [6, 6.07) is -0.466. The van der Waals surface area contributed by atoms with Gasteiger partial charge in [0.25, 0.3) is 0 Å². The van der Waals surface area contributed by atoms with Crippen LogP contribution in [0, 0.1) is 5.92 Å². The van der Waals surface area contributed by atoms with Crippen molar-refractivity contribution in [1.82, 2.24) is 5.32 Å². The molecule has 0 rings (SSSR count). The summed E-state index contributed by atoms with van der Waals surface area (Å²) in [5.74, 6) is -0.518. The summed E-state index contributed by atoms with van der Waals surface area (Å²) in [6.07, 6.45) is 1.93.